The van der Waals surface area contributed by atoms with Gasteiger partial charge in [0.05, 0.1) is 18.2 Å². The number of esters is 1. The SMILES string of the molecule is COC(=O)c1ccc(C)cc1C(=O)O.O=C1CCC(=O)CC1. The molecule has 0 spiro atoms. The van der Waals surface area contributed by atoms with E-state index in [1.807, 2.05) is 0 Å². The molecule has 1 N–H and O–H groups in total. The number of carbonyl (C=O) groups is 4. The Morgan fingerprint density at radius 1 is 1.00 bits per heavy atom. The Morgan fingerprint density at radius 3 is 1.91 bits per heavy atom. The van der Waals surface area contributed by atoms with Gasteiger partial charge in [-0.25, -0.2) is 9.59 Å². The molecular weight excluding hydrogens is 288 g/mol. The Morgan fingerprint density at radius 2 is 1.50 bits per heavy atom. The zero-order chi connectivity index (χ0) is 16.7. The summed E-state index contributed by atoms with van der Waals surface area (Å²) in [4.78, 5) is 42.9. The third kappa shape index (κ3) is 5.12. The van der Waals surface area contributed by atoms with Crippen molar-refractivity contribution in [3.63, 3.8) is 0 Å². The summed E-state index contributed by atoms with van der Waals surface area (Å²) >= 11 is 0. The molecule has 1 aliphatic carbocycles. The third-order valence-corrected chi connectivity index (χ3v) is 3.18. The fourth-order valence-corrected chi connectivity index (χ4v) is 1.93. The first-order valence-electron chi connectivity index (χ1n) is 6.80. The maximum atomic E-state index is 11.2. The van der Waals surface area contributed by atoms with Crippen molar-refractivity contribution < 1.29 is 29.0 Å². The number of ketones is 2. The summed E-state index contributed by atoms with van der Waals surface area (Å²) in [5.41, 5.74) is 0.831. The molecule has 6 nitrogen and oxygen atoms in total. The van der Waals surface area contributed by atoms with Gasteiger partial charge in [-0.2, -0.15) is 0 Å². The van der Waals surface area contributed by atoms with Crippen LogP contribution in [0, 0.1) is 6.92 Å². The van der Waals surface area contributed by atoms with Crippen molar-refractivity contribution in [2.45, 2.75) is 32.6 Å². The summed E-state index contributed by atoms with van der Waals surface area (Å²) in [5, 5.41) is 8.83. The minimum Gasteiger partial charge on any atom is -0.478 e. The quantitative estimate of drug-likeness (QED) is 0.841. The van der Waals surface area contributed by atoms with Gasteiger partial charge in [0, 0.05) is 25.7 Å². The lowest BCUT2D eigenvalue weighted by Gasteiger charge is -2.04. The maximum absolute atomic E-state index is 11.2. The average molecular weight is 306 g/mol. The number of carboxylic acids is 1. The van der Waals surface area contributed by atoms with Gasteiger partial charge in [0.15, 0.2) is 0 Å². The van der Waals surface area contributed by atoms with Gasteiger partial charge in [0.2, 0.25) is 0 Å². The Hall–Kier alpha value is -2.50. The average Bonchev–Trinajstić information content (AvgIpc) is 2.50. The van der Waals surface area contributed by atoms with Crippen LogP contribution in [0.3, 0.4) is 0 Å². The monoisotopic (exact) mass is 306 g/mol. The molecule has 1 aromatic rings. The molecule has 0 aromatic heterocycles. The van der Waals surface area contributed by atoms with Crippen LogP contribution in [0.25, 0.3) is 0 Å². The topological polar surface area (TPSA) is 97.7 Å². The predicted octanol–water partition coefficient (Wildman–Crippen LogP) is 2.18. The van der Waals surface area contributed by atoms with Crippen molar-refractivity contribution in [1.29, 1.82) is 0 Å². The van der Waals surface area contributed by atoms with Crippen molar-refractivity contribution in [3.8, 4) is 0 Å². The van der Waals surface area contributed by atoms with E-state index >= 15 is 0 Å². The normalized spacial score (nSPS) is 13.9. The van der Waals surface area contributed by atoms with Gasteiger partial charge in [-0.15, -0.1) is 0 Å². The van der Waals surface area contributed by atoms with E-state index in [1.165, 1.54) is 19.2 Å². The molecule has 0 bridgehead atoms. The lowest BCUT2D eigenvalue weighted by Crippen LogP contribution is -2.12. The van der Waals surface area contributed by atoms with Crippen LogP contribution in [0.1, 0.15) is 52.0 Å². The molecule has 0 unspecified atom stereocenters. The summed E-state index contributed by atoms with van der Waals surface area (Å²) in [6.45, 7) is 1.76. The van der Waals surface area contributed by atoms with Crippen molar-refractivity contribution in [3.05, 3.63) is 34.9 Å². The highest BCUT2D eigenvalue weighted by atomic mass is 16.5. The molecular formula is C16H18O6. The van der Waals surface area contributed by atoms with E-state index in [1.54, 1.807) is 13.0 Å². The number of carbonyl (C=O) groups excluding carboxylic acids is 3. The van der Waals surface area contributed by atoms with Crippen LogP contribution in [0.4, 0.5) is 0 Å². The predicted molar refractivity (Wildman–Crippen MR) is 78.0 cm³/mol. The molecule has 1 aliphatic rings. The van der Waals surface area contributed by atoms with Crippen molar-refractivity contribution in [2.24, 2.45) is 0 Å². The molecule has 1 saturated carbocycles. The number of carboxylic acid groups (broad SMARTS) is 1. The number of aryl methyl sites for hydroxylation is 1. The van der Waals surface area contributed by atoms with Gasteiger partial charge in [-0.1, -0.05) is 11.6 Å². The standard InChI is InChI=1S/C10H10O4.C6H8O2/c1-6-3-4-7(10(13)14-2)8(5-6)9(11)12;7-5-1-2-6(8)4-3-5/h3-5H,1-2H3,(H,11,12);1-4H2. The second kappa shape index (κ2) is 8.07. The minimum atomic E-state index is -1.13. The van der Waals surface area contributed by atoms with Gasteiger partial charge in [0.1, 0.15) is 11.6 Å². The Kier molecular flexibility index (Phi) is 6.44. The van der Waals surface area contributed by atoms with Crippen LogP contribution >= 0.6 is 0 Å². The number of benzene rings is 1. The van der Waals surface area contributed by atoms with Crippen LogP contribution in [0.15, 0.2) is 18.2 Å². The largest absolute Gasteiger partial charge is 0.478 e. The molecule has 2 rings (SSSR count). The summed E-state index contributed by atoms with van der Waals surface area (Å²) in [6.07, 6.45) is 1.94. The number of hydrogen-bond acceptors (Lipinski definition) is 5. The van der Waals surface area contributed by atoms with Gasteiger partial charge in [0.25, 0.3) is 0 Å². The van der Waals surface area contributed by atoms with Gasteiger partial charge in [-0.05, 0) is 19.1 Å². The van der Waals surface area contributed by atoms with Gasteiger partial charge < -0.3 is 9.84 Å². The number of rotatable bonds is 2. The summed E-state index contributed by atoms with van der Waals surface area (Å²) in [6, 6.07) is 4.55. The molecule has 6 heteroatoms. The van der Waals surface area contributed by atoms with E-state index in [2.05, 4.69) is 4.74 Å². The number of ether oxygens (including phenoxy) is 1. The highest BCUT2D eigenvalue weighted by Gasteiger charge is 2.16. The zero-order valence-electron chi connectivity index (χ0n) is 12.5. The fraction of sp³-hybridized carbons (Fsp3) is 0.375. The van der Waals surface area contributed by atoms with E-state index in [0.717, 1.165) is 5.56 Å². The van der Waals surface area contributed by atoms with E-state index < -0.39 is 11.9 Å². The van der Waals surface area contributed by atoms with Crippen LogP contribution in [0.2, 0.25) is 0 Å². The Balaban J connectivity index is 0.000000255. The van der Waals surface area contributed by atoms with Gasteiger partial charge in [-0.3, -0.25) is 9.59 Å². The first-order valence-corrected chi connectivity index (χ1v) is 6.80. The molecule has 0 atom stereocenters. The second-order valence-corrected chi connectivity index (χ2v) is 4.92. The molecule has 1 aromatic carbocycles. The maximum Gasteiger partial charge on any atom is 0.338 e. The first-order chi connectivity index (χ1) is 10.3. The fourth-order valence-electron chi connectivity index (χ4n) is 1.93. The molecule has 1 fully saturated rings. The summed E-state index contributed by atoms with van der Waals surface area (Å²) in [7, 11) is 1.22. The van der Waals surface area contributed by atoms with Crippen LogP contribution in [-0.2, 0) is 14.3 Å². The minimum absolute atomic E-state index is 0.0307. The molecule has 0 aliphatic heterocycles. The lowest BCUT2D eigenvalue weighted by atomic mass is 9.98. The number of aromatic carboxylic acids is 1. The van der Waals surface area contributed by atoms with Crippen LogP contribution < -0.4 is 0 Å². The van der Waals surface area contributed by atoms with E-state index in [0.29, 0.717) is 25.7 Å². The third-order valence-electron chi connectivity index (χ3n) is 3.18. The number of hydrogen-bond donors (Lipinski definition) is 1. The number of methoxy groups -OCH3 is 1. The summed E-state index contributed by atoms with van der Waals surface area (Å²) < 4.78 is 4.46. The van der Waals surface area contributed by atoms with Gasteiger partial charge >= 0.3 is 11.9 Å². The smallest absolute Gasteiger partial charge is 0.338 e. The number of Topliss-reactive ketones (excluding diaryl/α,β-unsaturated/α-hetero) is 2. The molecule has 0 radical (unpaired) electrons. The van der Waals surface area contributed by atoms with E-state index in [9.17, 15) is 19.2 Å². The molecule has 0 amide bonds. The molecule has 0 heterocycles. The van der Waals surface area contributed by atoms with E-state index in [4.69, 9.17) is 5.11 Å². The highest BCUT2D eigenvalue weighted by Crippen LogP contribution is 2.12. The van der Waals surface area contributed by atoms with Crippen molar-refractivity contribution in [1.82, 2.24) is 0 Å². The molecule has 22 heavy (non-hydrogen) atoms. The first kappa shape index (κ1) is 17.6. The molecule has 118 valence electrons. The van der Waals surface area contributed by atoms with Crippen LogP contribution in [-0.4, -0.2) is 35.7 Å². The summed E-state index contributed by atoms with van der Waals surface area (Å²) in [5.74, 6) is -1.29. The lowest BCUT2D eigenvalue weighted by molar-refractivity contribution is -0.128. The molecule has 0 saturated heterocycles. The Labute approximate surface area is 128 Å². The second-order valence-electron chi connectivity index (χ2n) is 4.92. The van der Waals surface area contributed by atoms with Crippen LogP contribution in [0.5, 0.6) is 0 Å². The van der Waals surface area contributed by atoms with Crippen molar-refractivity contribution in [2.75, 3.05) is 7.11 Å². The Bertz CT molecular complexity index is 575. The van der Waals surface area contributed by atoms with Crippen molar-refractivity contribution >= 4 is 23.5 Å². The highest BCUT2D eigenvalue weighted by molar-refractivity contribution is 6.02. The zero-order valence-corrected chi connectivity index (χ0v) is 12.5. The van der Waals surface area contributed by atoms with E-state index in [-0.39, 0.29) is 22.7 Å².